The van der Waals surface area contributed by atoms with Crippen LogP contribution in [-0.2, 0) is 6.54 Å². The number of thioether (sulfide) groups is 2. The molecule has 19 heavy (non-hydrogen) atoms. The summed E-state index contributed by atoms with van der Waals surface area (Å²) in [7, 11) is 1.68. The number of hydrogen-bond acceptors (Lipinski definition) is 4. The second-order valence-electron chi connectivity index (χ2n) is 4.49. The zero-order valence-corrected chi connectivity index (χ0v) is 13.2. The molecule has 1 fully saturated rings. The van der Waals surface area contributed by atoms with Gasteiger partial charge >= 0.3 is 0 Å². The van der Waals surface area contributed by atoms with Gasteiger partial charge in [0.1, 0.15) is 5.75 Å². The lowest BCUT2D eigenvalue weighted by Gasteiger charge is -2.21. The van der Waals surface area contributed by atoms with Crippen molar-refractivity contribution in [1.29, 1.82) is 0 Å². The van der Waals surface area contributed by atoms with E-state index < -0.39 is 0 Å². The Balaban J connectivity index is 1.93. The molecule has 2 heterocycles. The summed E-state index contributed by atoms with van der Waals surface area (Å²) in [5.41, 5.74) is 2.22. The average molecular weight is 312 g/mol. The molecular weight excluding hydrogens is 296 g/mol. The van der Waals surface area contributed by atoms with E-state index in [0.717, 1.165) is 22.6 Å². The second-order valence-corrected chi connectivity index (χ2v) is 7.44. The van der Waals surface area contributed by atoms with Crippen molar-refractivity contribution in [1.82, 2.24) is 9.55 Å². The third-order valence-corrected chi connectivity index (χ3v) is 6.40. The van der Waals surface area contributed by atoms with Crippen LogP contribution < -0.4 is 4.74 Å². The number of benzene rings is 1. The molecule has 1 aromatic carbocycles. The van der Waals surface area contributed by atoms with Gasteiger partial charge in [-0.3, -0.25) is 0 Å². The van der Waals surface area contributed by atoms with Gasteiger partial charge < -0.3 is 14.3 Å². The van der Waals surface area contributed by atoms with Crippen LogP contribution in [0.4, 0.5) is 0 Å². The van der Waals surface area contributed by atoms with E-state index in [9.17, 15) is 0 Å². The van der Waals surface area contributed by atoms with Crippen molar-refractivity contribution >= 4 is 46.8 Å². The Morgan fingerprint density at radius 2 is 2.37 bits per heavy atom. The van der Waals surface area contributed by atoms with Gasteiger partial charge in [-0.2, -0.15) is 23.5 Å². The summed E-state index contributed by atoms with van der Waals surface area (Å²) in [5.74, 6) is 4.60. The van der Waals surface area contributed by atoms with Crippen molar-refractivity contribution in [3.8, 4) is 5.75 Å². The number of methoxy groups -OCH3 is 1. The van der Waals surface area contributed by atoms with Crippen LogP contribution >= 0.6 is 35.7 Å². The number of hydrogen-bond donors (Lipinski definition) is 1. The summed E-state index contributed by atoms with van der Waals surface area (Å²) in [6.45, 7) is 0.989. The highest BCUT2D eigenvalue weighted by Gasteiger charge is 2.16. The Labute approximate surface area is 126 Å². The molecule has 0 radical (unpaired) electrons. The zero-order chi connectivity index (χ0) is 13.2. The smallest absolute Gasteiger partial charge is 0.178 e. The van der Waals surface area contributed by atoms with Crippen LogP contribution in [0.15, 0.2) is 18.2 Å². The lowest BCUT2D eigenvalue weighted by molar-refractivity contribution is 0.415. The van der Waals surface area contributed by atoms with Crippen molar-refractivity contribution in [3.05, 3.63) is 23.0 Å². The first-order valence-electron chi connectivity index (χ1n) is 6.24. The van der Waals surface area contributed by atoms with E-state index in [4.69, 9.17) is 17.0 Å². The molecular formula is C13H16N2OS3. The molecule has 0 spiro atoms. The number of nitrogens with one attached hydrogen (secondary N) is 1. The molecule has 1 N–H and O–H groups in total. The van der Waals surface area contributed by atoms with E-state index in [0.29, 0.717) is 5.25 Å². The quantitative estimate of drug-likeness (QED) is 0.878. The highest BCUT2D eigenvalue weighted by atomic mass is 32.2. The summed E-state index contributed by atoms with van der Waals surface area (Å²) in [6.07, 6.45) is 0. The Bertz CT molecular complexity index is 628. The van der Waals surface area contributed by atoms with Crippen molar-refractivity contribution in [2.75, 3.05) is 24.4 Å². The Morgan fingerprint density at radius 1 is 1.47 bits per heavy atom. The van der Waals surface area contributed by atoms with Crippen LogP contribution in [0.25, 0.3) is 11.0 Å². The van der Waals surface area contributed by atoms with Gasteiger partial charge in [-0.1, -0.05) is 0 Å². The largest absolute Gasteiger partial charge is 0.497 e. The highest BCUT2D eigenvalue weighted by Crippen LogP contribution is 2.27. The number of rotatable bonds is 3. The van der Waals surface area contributed by atoms with E-state index in [1.54, 1.807) is 7.11 Å². The molecule has 6 heteroatoms. The molecule has 2 aromatic rings. The minimum atomic E-state index is 0.659. The molecule has 1 aliphatic heterocycles. The maximum Gasteiger partial charge on any atom is 0.178 e. The third kappa shape index (κ3) is 2.80. The van der Waals surface area contributed by atoms with Crippen molar-refractivity contribution in [2.24, 2.45) is 0 Å². The summed E-state index contributed by atoms with van der Waals surface area (Å²) < 4.78 is 8.27. The molecule has 102 valence electrons. The Kier molecular flexibility index (Phi) is 4.10. The van der Waals surface area contributed by atoms with Crippen LogP contribution in [0.5, 0.6) is 5.75 Å². The van der Waals surface area contributed by atoms with Gasteiger partial charge in [0.25, 0.3) is 0 Å². The summed E-state index contributed by atoms with van der Waals surface area (Å²) in [6, 6.07) is 6.08. The van der Waals surface area contributed by atoms with E-state index in [1.807, 2.05) is 23.9 Å². The minimum Gasteiger partial charge on any atom is -0.497 e. The van der Waals surface area contributed by atoms with Crippen LogP contribution in [-0.4, -0.2) is 39.2 Å². The van der Waals surface area contributed by atoms with Crippen LogP contribution in [0.1, 0.15) is 0 Å². The zero-order valence-electron chi connectivity index (χ0n) is 10.7. The fourth-order valence-electron chi connectivity index (χ4n) is 2.30. The van der Waals surface area contributed by atoms with Gasteiger partial charge in [0, 0.05) is 35.1 Å². The average Bonchev–Trinajstić information content (AvgIpc) is 2.75. The monoisotopic (exact) mass is 312 g/mol. The number of nitrogens with zero attached hydrogens (tertiary/aromatic N) is 1. The molecule has 0 amide bonds. The van der Waals surface area contributed by atoms with Gasteiger partial charge in [0.05, 0.1) is 18.1 Å². The number of H-pyrrole nitrogens is 1. The van der Waals surface area contributed by atoms with Crippen molar-refractivity contribution in [3.63, 3.8) is 0 Å². The number of imidazole rings is 1. The lowest BCUT2D eigenvalue weighted by Crippen LogP contribution is -2.20. The van der Waals surface area contributed by atoms with Crippen LogP contribution in [0, 0.1) is 4.77 Å². The Hall–Kier alpha value is -0.590. The van der Waals surface area contributed by atoms with Crippen LogP contribution in [0.3, 0.4) is 0 Å². The lowest BCUT2D eigenvalue weighted by atomic mass is 10.3. The van der Waals surface area contributed by atoms with E-state index in [-0.39, 0.29) is 0 Å². The number of fused-ring (bicyclic) bond motifs is 1. The number of aromatic nitrogens is 2. The van der Waals surface area contributed by atoms with E-state index >= 15 is 0 Å². The molecule has 3 nitrogen and oxygen atoms in total. The van der Waals surface area contributed by atoms with E-state index in [1.165, 1.54) is 22.8 Å². The molecule has 1 unspecified atom stereocenters. The normalized spacial score (nSPS) is 19.7. The SMILES string of the molecule is COc1ccc2c(c1)[nH]c(=S)n2CC1CSCCS1. The van der Waals surface area contributed by atoms with Crippen molar-refractivity contribution < 1.29 is 4.74 Å². The molecule has 1 saturated heterocycles. The molecule has 0 bridgehead atoms. The maximum atomic E-state index is 5.45. The fourth-order valence-corrected chi connectivity index (χ4v) is 5.23. The summed E-state index contributed by atoms with van der Waals surface area (Å²) in [4.78, 5) is 3.27. The van der Waals surface area contributed by atoms with Crippen molar-refractivity contribution in [2.45, 2.75) is 11.8 Å². The standard InChI is InChI=1S/C13H16N2OS3/c1-16-9-2-3-12-11(6-9)14-13(17)15(12)7-10-8-18-4-5-19-10/h2-3,6,10H,4-5,7-8H2,1H3,(H,14,17). The summed E-state index contributed by atoms with van der Waals surface area (Å²) >= 11 is 9.56. The first-order chi connectivity index (χ1) is 9.28. The molecule has 0 saturated carbocycles. The van der Waals surface area contributed by atoms with Gasteiger partial charge in [-0.15, -0.1) is 0 Å². The van der Waals surface area contributed by atoms with E-state index in [2.05, 4.69) is 27.4 Å². The minimum absolute atomic E-state index is 0.659. The molecule has 3 rings (SSSR count). The summed E-state index contributed by atoms with van der Waals surface area (Å²) in [5, 5.41) is 0.659. The fraction of sp³-hybridized carbons (Fsp3) is 0.462. The van der Waals surface area contributed by atoms with Gasteiger partial charge in [0.15, 0.2) is 4.77 Å². The first kappa shape index (κ1) is 13.4. The van der Waals surface area contributed by atoms with Gasteiger partial charge in [0.2, 0.25) is 0 Å². The van der Waals surface area contributed by atoms with Crippen LogP contribution in [0.2, 0.25) is 0 Å². The highest BCUT2D eigenvalue weighted by molar-refractivity contribution is 8.06. The predicted octanol–water partition coefficient (Wildman–Crippen LogP) is 3.56. The molecule has 1 atom stereocenters. The molecule has 1 aliphatic rings. The second kappa shape index (κ2) is 5.81. The Morgan fingerprint density at radius 3 is 3.11 bits per heavy atom. The topological polar surface area (TPSA) is 29.9 Å². The first-order valence-corrected chi connectivity index (χ1v) is 8.85. The van der Waals surface area contributed by atoms with Gasteiger partial charge in [-0.05, 0) is 24.4 Å². The molecule has 0 aliphatic carbocycles. The third-order valence-electron chi connectivity index (χ3n) is 3.25. The number of aromatic amines is 1. The predicted molar refractivity (Wildman–Crippen MR) is 87.2 cm³/mol. The molecule has 1 aromatic heterocycles. The number of ether oxygens (including phenoxy) is 1. The van der Waals surface area contributed by atoms with Gasteiger partial charge in [-0.25, -0.2) is 0 Å². The maximum absolute atomic E-state index is 5.45.